The van der Waals surface area contributed by atoms with Crippen molar-refractivity contribution < 1.29 is 8.42 Å². The maximum Gasteiger partial charge on any atom is 0.216 e. The van der Waals surface area contributed by atoms with E-state index in [4.69, 9.17) is 0 Å². The number of sulfonamides is 1. The smallest absolute Gasteiger partial charge is 0.216 e. The number of nitrogens with one attached hydrogen (secondary N) is 1. The predicted octanol–water partition coefficient (Wildman–Crippen LogP) is 2.89. The second-order valence-electron chi connectivity index (χ2n) is 6.78. The summed E-state index contributed by atoms with van der Waals surface area (Å²) in [4.78, 5) is 0. The molecule has 0 atom stereocenters. The third-order valence-corrected chi connectivity index (χ3v) is 7.68. The molecule has 2 aliphatic rings. The van der Waals surface area contributed by atoms with Crippen LogP contribution < -0.4 is 5.32 Å². The Morgan fingerprint density at radius 1 is 1.00 bits per heavy atom. The van der Waals surface area contributed by atoms with Gasteiger partial charge in [-0.25, -0.2) is 12.7 Å². The van der Waals surface area contributed by atoms with Crippen molar-refractivity contribution in [2.45, 2.75) is 88.5 Å². The van der Waals surface area contributed by atoms with Gasteiger partial charge in [0.15, 0.2) is 0 Å². The Kier molecular flexibility index (Phi) is 6.51. The van der Waals surface area contributed by atoms with Crippen molar-refractivity contribution in [2.24, 2.45) is 0 Å². The molecule has 4 nitrogen and oxygen atoms in total. The predicted molar refractivity (Wildman–Crippen MR) is 87.9 cm³/mol. The Labute approximate surface area is 130 Å². The van der Waals surface area contributed by atoms with E-state index in [9.17, 15) is 8.42 Å². The van der Waals surface area contributed by atoms with Crippen LogP contribution in [0.15, 0.2) is 0 Å². The lowest BCUT2D eigenvalue weighted by molar-refractivity contribution is 0.246. The molecule has 0 amide bonds. The maximum atomic E-state index is 12.7. The molecule has 2 saturated carbocycles. The zero-order valence-corrected chi connectivity index (χ0v) is 14.5. The fraction of sp³-hybridized carbons (Fsp3) is 1.00. The summed E-state index contributed by atoms with van der Waals surface area (Å²) in [6.07, 6.45) is 10.5. The molecule has 2 rings (SSSR count). The average Bonchev–Trinajstić information content (AvgIpc) is 2.53. The Balaban J connectivity index is 1.87. The molecule has 0 aromatic rings. The van der Waals surface area contributed by atoms with Crippen LogP contribution in [-0.4, -0.2) is 43.6 Å². The van der Waals surface area contributed by atoms with Crippen LogP contribution in [0.1, 0.15) is 71.1 Å². The summed E-state index contributed by atoms with van der Waals surface area (Å²) in [6, 6.07) is 0.809. The van der Waals surface area contributed by atoms with Gasteiger partial charge in [-0.05, 0) is 51.5 Å². The van der Waals surface area contributed by atoms with Gasteiger partial charge in [-0.1, -0.05) is 26.2 Å². The first-order chi connectivity index (χ1) is 10.1. The van der Waals surface area contributed by atoms with Crippen molar-refractivity contribution in [2.75, 3.05) is 13.6 Å². The molecule has 5 heteroatoms. The average molecular weight is 317 g/mol. The van der Waals surface area contributed by atoms with Gasteiger partial charge in [0.05, 0.1) is 5.25 Å². The van der Waals surface area contributed by atoms with Crippen LogP contribution in [0.25, 0.3) is 0 Å². The molecule has 2 fully saturated rings. The molecule has 1 N–H and O–H groups in total. The fourth-order valence-electron chi connectivity index (χ4n) is 3.80. The highest BCUT2D eigenvalue weighted by atomic mass is 32.2. The zero-order valence-electron chi connectivity index (χ0n) is 13.7. The first-order valence-corrected chi connectivity index (χ1v) is 10.3. The summed E-state index contributed by atoms with van der Waals surface area (Å²) in [6.45, 7) is 3.26. The highest BCUT2D eigenvalue weighted by molar-refractivity contribution is 7.89. The largest absolute Gasteiger partial charge is 0.314 e. The summed E-state index contributed by atoms with van der Waals surface area (Å²) in [5.41, 5.74) is 0. The van der Waals surface area contributed by atoms with Gasteiger partial charge in [0.25, 0.3) is 0 Å². The van der Waals surface area contributed by atoms with Gasteiger partial charge in [-0.3, -0.25) is 0 Å². The molecule has 124 valence electrons. The topological polar surface area (TPSA) is 49.4 Å². The highest BCUT2D eigenvalue weighted by Gasteiger charge is 2.36. The number of hydrogen-bond donors (Lipinski definition) is 1. The lowest BCUT2D eigenvalue weighted by Gasteiger charge is -2.36. The van der Waals surface area contributed by atoms with E-state index < -0.39 is 10.0 Å². The molecule has 0 unspecified atom stereocenters. The van der Waals surface area contributed by atoms with E-state index in [1.165, 1.54) is 6.42 Å². The summed E-state index contributed by atoms with van der Waals surface area (Å²) >= 11 is 0. The van der Waals surface area contributed by atoms with Crippen molar-refractivity contribution in [1.82, 2.24) is 9.62 Å². The lowest BCUT2D eigenvalue weighted by atomic mass is 9.91. The van der Waals surface area contributed by atoms with Crippen molar-refractivity contribution in [3.05, 3.63) is 0 Å². The highest BCUT2D eigenvalue weighted by Crippen LogP contribution is 2.30. The Morgan fingerprint density at radius 3 is 2.19 bits per heavy atom. The molecule has 0 heterocycles. The van der Waals surface area contributed by atoms with Crippen molar-refractivity contribution in [3.63, 3.8) is 0 Å². The van der Waals surface area contributed by atoms with E-state index in [-0.39, 0.29) is 11.3 Å². The minimum Gasteiger partial charge on any atom is -0.314 e. The van der Waals surface area contributed by atoms with E-state index in [1.807, 2.05) is 7.05 Å². The van der Waals surface area contributed by atoms with Gasteiger partial charge in [0.2, 0.25) is 10.0 Å². The summed E-state index contributed by atoms with van der Waals surface area (Å²) in [7, 11) is -1.27. The molecular formula is C16H32N2O2S. The first kappa shape index (κ1) is 17.2. The van der Waals surface area contributed by atoms with Gasteiger partial charge in [-0.2, -0.15) is 0 Å². The fourth-order valence-corrected chi connectivity index (χ4v) is 5.82. The number of nitrogens with zero attached hydrogens (tertiary/aromatic N) is 1. The molecule has 0 spiro atoms. The van der Waals surface area contributed by atoms with E-state index >= 15 is 0 Å². The van der Waals surface area contributed by atoms with Crippen LogP contribution in [-0.2, 0) is 10.0 Å². The minimum absolute atomic E-state index is 0.118. The van der Waals surface area contributed by atoms with Crippen molar-refractivity contribution >= 4 is 10.0 Å². The summed E-state index contributed by atoms with van der Waals surface area (Å²) in [5, 5.41) is 3.45. The quantitative estimate of drug-likeness (QED) is 0.820. The van der Waals surface area contributed by atoms with Crippen LogP contribution in [0.5, 0.6) is 0 Å². The second kappa shape index (κ2) is 7.93. The molecule has 21 heavy (non-hydrogen) atoms. The van der Waals surface area contributed by atoms with Crippen LogP contribution in [0.4, 0.5) is 0 Å². The van der Waals surface area contributed by atoms with Crippen LogP contribution in [0.3, 0.4) is 0 Å². The van der Waals surface area contributed by atoms with Gasteiger partial charge in [0.1, 0.15) is 0 Å². The third-order valence-electron chi connectivity index (χ3n) is 5.27. The minimum atomic E-state index is -3.08. The molecule has 0 saturated heterocycles. The molecule has 0 bridgehead atoms. The van der Waals surface area contributed by atoms with Crippen molar-refractivity contribution in [3.8, 4) is 0 Å². The molecule has 2 aliphatic carbocycles. The number of hydrogen-bond acceptors (Lipinski definition) is 3. The van der Waals surface area contributed by atoms with E-state index in [2.05, 4.69) is 12.2 Å². The Morgan fingerprint density at radius 2 is 1.62 bits per heavy atom. The van der Waals surface area contributed by atoms with Crippen molar-refractivity contribution in [1.29, 1.82) is 0 Å². The van der Waals surface area contributed by atoms with Crippen LogP contribution >= 0.6 is 0 Å². The third kappa shape index (κ3) is 4.42. The second-order valence-corrected chi connectivity index (χ2v) is 9.05. The SMILES string of the molecule is CCCNC1CCC(N(C)S(=O)(=O)C2CCCCC2)CC1. The van der Waals surface area contributed by atoms with Gasteiger partial charge in [-0.15, -0.1) is 0 Å². The molecule has 0 aliphatic heterocycles. The standard InChI is InChI=1S/C16H32N2O2S/c1-3-13-17-14-9-11-15(12-10-14)18(2)21(19,20)16-7-5-4-6-8-16/h14-17H,3-13H2,1-2H3. The van der Waals surface area contributed by atoms with Crippen LogP contribution in [0.2, 0.25) is 0 Å². The number of rotatable bonds is 6. The first-order valence-electron chi connectivity index (χ1n) is 8.76. The molecule has 0 radical (unpaired) electrons. The molecule has 0 aromatic heterocycles. The Hall–Kier alpha value is -0.130. The zero-order chi connectivity index (χ0) is 15.3. The van der Waals surface area contributed by atoms with Gasteiger partial charge < -0.3 is 5.32 Å². The Bertz CT molecular complexity index is 397. The summed E-state index contributed by atoms with van der Waals surface area (Å²) in [5.74, 6) is 0. The monoisotopic (exact) mass is 316 g/mol. The van der Waals surface area contributed by atoms with E-state index in [0.29, 0.717) is 6.04 Å². The van der Waals surface area contributed by atoms with Crippen LogP contribution in [0, 0.1) is 0 Å². The molecular weight excluding hydrogens is 284 g/mol. The van der Waals surface area contributed by atoms with Gasteiger partial charge in [0, 0.05) is 19.1 Å². The van der Waals surface area contributed by atoms with E-state index in [0.717, 1.165) is 64.3 Å². The maximum absolute atomic E-state index is 12.7. The lowest BCUT2D eigenvalue weighted by Crippen LogP contribution is -2.46. The molecule has 0 aromatic carbocycles. The van der Waals surface area contributed by atoms with E-state index in [1.54, 1.807) is 4.31 Å². The normalized spacial score (nSPS) is 28.9. The summed E-state index contributed by atoms with van der Waals surface area (Å²) < 4.78 is 27.2. The van der Waals surface area contributed by atoms with Gasteiger partial charge >= 0.3 is 0 Å².